The molecule has 1 fully saturated rings. The van der Waals surface area contributed by atoms with E-state index in [1.807, 2.05) is 24.3 Å². The lowest BCUT2D eigenvalue weighted by Crippen LogP contribution is -2.48. The molecule has 1 aromatic carbocycles. The Morgan fingerprint density at radius 2 is 1.88 bits per heavy atom. The van der Waals surface area contributed by atoms with Crippen molar-refractivity contribution in [3.8, 4) is 0 Å². The van der Waals surface area contributed by atoms with E-state index in [2.05, 4.69) is 10.00 Å². The number of aryl methyl sites for hydroxylation is 1. The highest BCUT2D eigenvalue weighted by atomic mass is 35.5. The van der Waals surface area contributed by atoms with Gasteiger partial charge in [-0.15, -0.1) is 0 Å². The van der Waals surface area contributed by atoms with Gasteiger partial charge in [-0.1, -0.05) is 29.8 Å². The van der Waals surface area contributed by atoms with Crippen LogP contribution in [0.5, 0.6) is 0 Å². The number of benzene rings is 1. The Bertz CT molecular complexity index is 797. The summed E-state index contributed by atoms with van der Waals surface area (Å²) >= 11 is 6.20. The highest BCUT2D eigenvalue weighted by Crippen LogP contribution is 2.19. The summed E-state index contributed by atoms with van der Waals surface area (Å²) in [6.45, 7) is 3.21. The van der Waals surface area contributed by atoms with Gasteiger partial charge in [-0.05, 0) is 11.6 Å². The lowest BCUT2D eigenvalue weighted by Gasteiger charge is -2.34. The van der Waals surface area contributed by atoms with Crippen molar-refractivity contribution in [3.05, 3.63) is 52.3 Å². The Hall–Kier alpha value is -2.38. The van der Waals surface area contributed by atoms with Crippen molar-refractivity contribution in [2.75, 3.05) is 26.2 Å². The Balaban J connectivity index is 1.65. The molecule has 1 amide bonds. The summed E-state index contributed by atoms with van der Waals surface area (Å²) in [5.74, 6) is -1.44. The minimum atomic E-state index is -1.14. The van der Waals surface area contributed by atoms with Crippen molar-refractivity contribution in [3.63, 3.8) is 0 Å². The maximum absolute atomic E-state index is 12.7. The SMILES string of the molecule is Cn1ncc(C(=O)O)c1C(=O)N1CCN(Cc2ccccc2Cl)CC1. The number of nitrogens with zero attached hydrogens (tertiary/aromatic N) is 4. The third-order valence-electron chi connectivity index (χ3n) is 4.38. The fourth-order valence-corrected chi connectivity index (χ4v) is 3.17. The molecule has 132 valence electrons. The predicted molar refractivity (Wildman–Crippen MR) is 92.8 cm³/mol. The Morgan fingerprint density at radius 1 is 1.20 bits per heavy atom. The molecule has 0 radical (unpaired) electrons. The van der Waals surface area contributed by atoms with Crippen LogP contribution in [0, 0.1) is 0 Å². The zero-order chi connectivity index (χ0) is 18.0. The number of rotatable bonds is 4. The molecule has 25 heavy (non-hydrogen) atoms. The Kier molecular flexibility index (Phi) is 5.06. The molecule has 2 heterocycles. The molecule has 0 atom stereocenters. The summed E-state index contributed by atoms with van der Waals surface area (Å²) in [5.41, 5.74) is 1.11. The molecule has 0 aliphatic carbocycles. The van der Waals surface area contributed by atoms with Gasteiger partial charge in [-0.2, -0.15) is 5.10 Å². The second-order valence-corrected chi connectivity index (χ2v) is 6.40. The first kappa shape index (κ1) is 17.4. The third-order valence-corrected chi connectivity index (χ3v) is 4.75. The van der Waals surface area contributed by atoms with Crippen LogP contribution in [-0.2, 0) is 13.6 Å². The van der Waals surface area contributed by atoms with Gasteiger partial charge in [0.25, 0.3) is 5.91 Å². The Morgan fingerprint density at radius 3 is 2.52 bits per heavy atom. The normalized spacial score (nSPS) is 15.4. The van der Waals surface area contributed by atoms with Crippen LogP contribution >= 0.6 is 11.6 Å². The largest absolute Gasteiger partial charge is 0.478 e. The lowest BCUT2D eigenvalue weighted by molar-refractivity contribution is 0.0599. The molecule has 3 rings (SSSR count). The van der Waals surface area contributed by atoms with Gasteiger partial charge in [0.1, 0.15) is 11.3 Å². The van der Waals surface area contributed by atoms with Crippen molar-refractivity contribution >= 4 is 23.5 Å². The zero-order valence-electron chi connectivity index (χ0n) is 13.9. The monoisotopic (exact) mass is 362 g/mol. The smallest absolute Gasteiger partial charge is 0.339 e. The molecular formula is C17H19ClN4O3. The van der Waals surface area contributed by atoms with Crippen LogP contribution in [0.25, 0.3) is 0 Å². The van der Waals surface area contributed by atoms with Crippen LogP contribution in [0.2, 0.25) is 5.02 Å². The standard InChI is InChI=1S/C17H19ClN4O3/c1-20-15(13(10-19-20)17(24)25)16(23)22-8-6-21(7-9-22)11-12-4-2-3-5-14(12)18/h2-5,10H,6-9,11H2,1H3,(H,24,25). The van der Waals surface area contributed by atoms with Gasteiger partial charge in [-0.3, -0.25) is 14.4 Å². The second kappa shape index (κ2) is 7.25. The number of carboxylic acids is 1. The molecule has 8 heteroatoms. The number of halogens is 1. The fraction of sp³-hybridized carbons (Fsp3) is 0.353. The molecule has 0 spiro atoms. The van der Waals surface area contributed by atoms with Gasteiger partial charge < -0.3 is 10.0 Å². The summed E-state index contributed by atoms with van der Waals surface area (Å²) in [7, 11) is 1.58. The van der Waals surface area contributed by atoms with Crippen LogP contribution in [0.3, 0.4) is 0 Å². The highest BCUT2D eigenvalue weighted by Gasteiger charge is 2.28. The molecule has 0 bridgehead atoms. The van der Waals surface area contributed by atoms with Crippen LogP contribution in [0.4, 0.5) is 0 Å². The van der Waals surface area contributed by atoms with E-state index in [0.29, 0.717) is 26.2 Å². The van der Waals surface area contributed by atoms with Crippen molar-refractivity contribution < 1.29 is 14.7 Å². The summed E-state index contributed by atoms with van der Waals surface area (Å²) in [4.78, 5) is 27.9. The fourth-order valence-electron chi connectivity index (χ4n) is 2.97. The van der Waals surface area contributed by atoms with E-state index in [1.54, 1.807) is 11.9 Å². The molecule has 2 aromatic rings. The topological polar surface area (TPSA) is 78.7 Å². The molecule has 1 aliphatic rings. The number of carbonyl (C=O) groups is 2. The Labute approximate surface area is 150 Å². The van der Waals surface area contributed by atoms with E-state index in [1.165, 1.54) is 10.9 Å². The van der Waals surface area contributed by atoms with Crippen molar-refractivity contribution in [2.24, 2.45) is 7.05 Å². The zero-order valence-corrected chi connectivity index (χ0v) is 14.6. The van der Waals surface area contributed by atoms with E-state index in [0.717, 1.165) is 17.1 Å². The number of hydrogen-bond donors (Lipinski definition) is 1. The van der Waals surface area contributed by atoms with E-state index in [4.69, 9.17) is 11.6 Å². The minimum Gasteiger partial charge on any atom is -0.478 e. The molecule has 7 nitrogen and oxygen atoms in total. The number of carbonyl (C=O) groups excluding carboxylic acids is 1. The van der Waals surface area contributed by atoms with Crippen LogP contribution < -0.4 is 0 Å². The van der Waals surface area contributed by atoms with Gasteiger partial charge >= 0.3 is 5.97 Å². The number of amides is 1. The number of hydrogen-bond acceptors (Lipinski definition) is 4. The number of aromatic nitrogens is 2. The van der Waals surface area contributed by atoms with Gasteiger partial charge in [0.15, 0.2) is 0 Å². The van der Waals surface area contributed by atoms with E-state index >= 15 is 0 Å². The first-order chi connectivity index (χ1) is 12.0. The maximum atomic E-state index is 12.7. The van der Waals surface area contributed by atoms with Crippen LogP contribution in [0.1, 0.15) is 26.4 Å². The first-order valence-corrected chi connectivity index (χ1v) is 8.35. The number of carboxylic acid groups (broad SMARTS) is 1. The van der Waals surface area contributed by atoms with Gasteiger partial charge in [0.05, 0.1) is 6.20 Å². The minimum absolute atomic E-state index is 0.0639. The van der Waals surface area contributed by atoms with E-state index in [-0.39, 0.29) is 17.2 Å². The van der Waals surface area contributed by atoms with Gasteiger partial charge in [0, 0.05) is 44.8 Å². The molecule has 0 unspecified atom stereocenters. The molecular weight excluding hydrogens is 344 g/mol. The molecule has 1 aliphatic heterocycles. The first-order valence-electron chi connectivity index (χ1n) is 7.97. The van der Waals surface area contributed by atoms with Gasteiger partial charge in [0.2, 0.25) is 0 Å². The summed E-state index contributed by atoms with van der Waals surface area (Å²) in [6, 6.07) is 7.72. The van der Waals surface area contributed by atoms with Gasteiger partial charge in [-0.25, -0.2) is 4.79 Å². The van der Waals surface area contributed by atoms with Crippen LogP contribution in [0.15, 0.2) is 30.5 Å². The quantitative estimate of drug-likeness (QED) is 0.896. The number of piperazine rings is 1. The maximum Gasteiger partial charge on any atom is 0.339 e. The molecule has 1 N–H and O–H groups in total. The summed E-state index contributed by atoms with van der Waals surface area (Å²) < 4.78 is 1.32. The van der Waals surface area contributed by atoms with E-state index < -0.39 is 5.97 Å². The third kappa shape index (κ3) is 3.67. The number of aromatic carboxylic acids is 1. The molecule has 0 saturated carbocycles. The van der Waals surface area contributed by atoms with E-state index in [9.17, 15) is 14.7 Å². The van der Waals surface area contributed by atoms with Crippen molar-refractivity contribution in [1.29, 1.82) is 0 Å². The van der Waals surface area contributed by atoms with Crippen LogP contribution in [-0.4, -0.2) is 62.7 Å². The average molecular weight is 363 g/mol. The van der Waals surface area contributed by atoms with Crippen molar-refractivity contribution in [1.82, 2.24) is 19.6 Å². The second-order valence-electron chi connectivity index (χ2n) is 6.00. The highest BCUT2D eigenvalue weighted by molar-refractivity contribution is 6.31. The predicted octanol–water partition coefficient (Wildman–Crippen LogP) is 1.73. The summed E-state index contributed by atoms with van der Waals surface area (Å²) in [5, 5.41) is 13.8. The average Bonchev–Trinajstić information content (AvgIpc) is 2.99. The summed E-state index contributed by atoms with van der Waals surface area (Å²) in [6.07, 6.45) is 1.21. The lowest BCUT2D eigenvalue weighted by atomic mass is 10.1. The molecule has 1 saturated heterocycles. The molecule has 1 aromatic heterocycles. The van der Waals surface area contributed by atoms with Crippen molar-refractivity contribution in [2.45, 2.75) is 6.54 Å².